The number of nitrogens with zero attached hydrogens (tertiary/aromatic N) is 3. The first-order valence-corrected chi connectivity index (χ1v) is 9.61. The zero-order valence-electron chi connectivity index (χ0n) is 13.7. The number of hydrogen-bond acceptors (Lipinski definition) is 6. The lowest BCUT2D eigenvalue weighted by atomic mass is 9.96. The second-order valence-electron chi connectivity index (χ2n) is 5.77. The van der Waals surface area contributed by atoms with Crippen LogP contribution in [0.15, 0.2) is 70.4 Å². The van der Waals surface area contributed by atoms with Crippen LogP contribution in [0.4, 0.5) is 5.13 Å². The molecule has 2 aromatic heterocycles. The molecule has 8 heteroatoms. The van der Waals surface area contributed by atoms with E-state index in [-0.39, 0.29) is 11.3 Å². The van der Waals surface area contributed by atoms with E-state index in [0.29, 0.717) is 16.3 Å². The van der Waals surface area contributed by atoms with Crippen LogP contribution in [0, 0.1) is 0 Å². The highest BCUT2D eigenvalue weighted by Gasteiger charge is 2.47. The minimum atomic E-state index is -0.766. The summed E-state index contributed by atoms with van der Waals surface area (Å²) in [7, 11) is 0. The molecule has 0 saturated carbocycles. The fraction of sp³-hybridized carbons (Fsp3) is 0.0526. The summed E-state index contributed by atoms with van der Waals surface area (Å²) in [5.74, 6) is -1.69. The number of amides is 1. The first-order chi connectivity index (χ1) is 13.1. The van der Waals surface area contributed by atoms with Crippen LogP contribution in [0.25, 0.3) is 5.76 Å². The van der Waals surface area contributed by atoms with E-state index >= 15 is 0 Å². The lowest BCUT2D eigenvalue weighted by Gasteiger charge is -2.23. The highest BCUT2D eigenvalue weighted by atomic mass is 79.9. The summed E-state index contributed by atoms with van der Waals surface area (Å²) in [5, 5.41) is 13.0. The van der Waals surface area contributed by atoms with Crippen molar-refractivity contribution in [2.24, 2.45) is 0 Å². The lowest BCUT2D eigenvalue weighted by Crippen LogP contribution is -2.29. The molecule has 1 amide bonds. The van der Waals surface area contributed by atoms with Gasteiger partial charge in [0.05, 0.1) is 11.6 Å². The molecule has 27 heavy (non-hydrogen) atoms. The van der Waals surface area contributed by atoms with Gasteiger partial charge in [0.25, 0.3) is 5.78 Å². The van der Waals surface area contributed by atoms with E-state index in [1.165, 1.54) is 28.6 Å². The Morgan fingerprint density at radius 2 is 1.78 bits per heavy atom. The third-order valence-corrected chi connectivity index (χ3v) is 5.51. The number of aliphatic hydroxyl groups excluding tert-OH is 1. The maximum absolute atomic E-state index is 12.8. The first-order valence-electron chi connectivity index (χ1n) is 7.94. The van der Waals surface area contributed by atoms with Crippen molar-refractivity contribution in [2.75, 3.05) is 4.90 Å². The molecule has 4 rings (SSSR count). The van der Waals surface area contributed by atoms with Crippen molar-refractivity contribution in [1.29, 1.82) is 0 Å². The number of thiazole rings is 1. The zero-order chi connectivity index (χ0) is 19.0. The number of carbonyl (C=O) groups is 2. The number of hydrogen-bond donors (Lipinski definition) is 1. The van der Waals surface area contributed by atoms with Gasteiger partial charge in [-0.25, -0.2) is 4.98 Å². The van der Waals surface area contributed by atoms with Crippen LogP contribution in [0.3, 0.4) is 0 Å². The molecule has 3 heterocycles. The van der Waals surface area contributed by atoms with E-state index in [2.05, 4.69) is 25.9 Å². The average Bonchev–Trinajstić information content (AvgIpc) is 3.30. The molecule has 0 aliphatic carbocycles. The van der Waals surface area contributed by atoms with E-state index in [1.54, 1.807) is 35.8 Å². The maximum Gasteiger partial charge on any atom is 0.301 e. The number of aromatic nitrogens is 2. The molecule has 0 bridgehead atoms. The van der Waals surface area contributed by atoms with Gasteiger partial charge in [0.15, 0.2) is 5.13 Å². The number of halogens is 1. The van der Waals surface area contributed by atoms with Crippen molar-refractivity contribution < 1.29 is 14.7 Å². The number of anilines is 1. The summed E-state index contributed by atoms with van der Waals surface area (Å²) in [4.78, 5) is 35.0. The first kappa shape index (κ1) is 17.6. The lowest BCUT2D eigenvalue weighted by molar-refractivity contribution is -0.132. The minimum Gasteiger partial charge on any atom is -0.507 e. The molecule has 1 aliphatic rings. The Balaban J connectivity index is 1.94. The number of benzene rings is 1. The highest BCUT2D eigenvalue weighted by Crippen LogP contribution is 2.42. The van der Waals surface area contributed by atoms with Crippen LogP contribution in [0.2, 0.25) is 0 Å². The second kappa shape index (κ2) is 7.05. The second-order valence-corrected chi connectivity index (χ2v) is 7.56. The summed E-state index contributed by atoms with van der Waals surface area (Å²) in [6.07, 6.45) is 4.60. The third-order valence-electron chi connectivity index (χ3n) is 4.21. The molecule has 3 aromatic rings. The number of ketones is 1. The Hall–Kier alpha value is -2.84. The van der Waals surface area contributed by atoms with Gasteiger partial charge in [-0.3, -0.25) is 19.5 Å². The Morgan fingerprint density at radius 1 is 1.07 bits per heavy atom. The summed E-state index contributed by atoms with van der Waals surface area (Å²) in [5.41, 5.74) is 1.15. The van der Waals surface area contributed by atoms with Crippen LogP contribution in [0.5, 0.6) is 0 Å². The van der Waals surface area contributed by atoms with Gasteiger partial charge in [0, 0.05) is 34.0 Å². The number of pyridine rings is 1. The Morgan fingerprint density at radius 3 is 2.41 bits per heavy atom. The van der Waals surface area contributed by atoms with E-state index in [9.17, 15) is 14.7 Å². The van der Waals surface area contributed by atoms with Gasteiger partial charge in [0.2, 0.25) is 0 Å². The molecule has 1 aromatic carbocycles. The van der Waals surface area contributed by atoms with Crippen molar-refractivity contribution >= 4 is 49.8 Å². The molecule has 1 aliphatic heterocycles. The van der Waals surface area contributed by atoms with Gasteiger partial charge >= 0.3 is 5.91 Å². The van der Waals surface area contributed by atoms with Gasteiger partial charge in [-0.05, 0) is 29.8 Å². The van der Waals surface area contributed by atoms with Crippen LogP contribution < -0.4 is 4.90 Å². The number of Topliss-reactive ketones (excluding diaryl/α,β-unsaturated/α-hetero) is 1. The maximum atomic E-state index is 12.8. The molecule has 1 atom stereocenters. The molecule has 134 valence electrons. The third kappa shape index (κ3) is 3.07. The molecular weight excluding hydrogens is 430 g/mol. The van der Waals surface area contributed by atoms with Crippen molar-refractivity contribution in [1.82, 2.24) is 9.97 Å². The number of aliphatic hydroxyl groups is 1. The predicted molar refractivity (Wildman–Crippen MR) is 105 cm³/mol. The van der Waals surface area contributed by atoms with Gasteiger partial charge < -0.3 is 5.11 Å². The minimum absolute atomic E-state index is 0.0312. The highest BCUT2D eigenvalue weighted by molar-refractivity contribution is 9.10. The SMILES string of the molecule is O=C1C(=O)N(c2nccs2)C(c2ccc(Br)cc2)/C1=C(\O)c1ccncc1. The van der Waals surface area contributed by atoms with Crippen molar-refractivity contribution in [2.45, 2.75) is 6.04 Å². The van der Waals surface area contributed by atoms with Gasteiger partial charge in [-0.2, -0.15) is 0 Å². The van der Waals surface area contributed by atoms with Crippen LogP contribution in [-0.4, -0.2) is 26.8 Å². The Bertz CT molecular complexity index is 1030. The average molecular weight is 442 g/mol. The van der Waals surface area contributed by atoms with Gasteiger partial charge in [0.1, 0.15) is 5.76 Å². The normalized spacial score (nSPS) is 18.9. The van der Waals surface area contributed by atoms with Crippen molar-refractivity contribution in [3.05, 3.63) is 81.5 Å². The zero-order valence-corrected chi connectivity index (χ0v) is 16.1. The van der Waals surface area contributed by atoms with Crippen LogP contribution in [0.1, 0.15) is 17.2 Å². The Kier molecular flexibility index (Phi) is 4.59. The summed E-state index contributed by atoms with van der Waals surface area (Å²) in [6.45, 7) is 0. The molecule has 0 radical (unpaired) electrons. The standard InChI is InChI=1S/C19H12BrN3O3S/c20-13-3-1-11(2-4-13)15-14(16(24)12-5-7-21-8-6-12)17(25)18(26)23(15)19-22-9-10-27-19/h1-10,15,24H/b16-14+. The monoisotopic (exact) mass is 441 g/mol. The van der Waals surface area contributed by atoms with E-state index < -0.39 is 17.7 Å². The molecule has 1 N–H and O–H groups in total. The summed E-state index contributed by atoms with van der Waals surface area (Å²) < 4.78 is 0.867. The predicted octanol–water partition coefficient (Wildman–Crippen LogP) is 3.93. The molecule has 1 unspecified atom stereocenters. The number of carbonyl (C=O) groups excluding carboxylic acids is 2. The van der Waals surface area contributed by atoms with Crippen LogP contribution in [-0.2, 0) is 9.59 Å². The largest absolute Gasteiger partial charge is 0.507 e. The van der Waals surface area contributed by atoms with E-state index in [4.69, 9.17) is 0 Å². The molecule has 6 nitrogen and oxygen atoms in total. The Labute approximate surface area is 166 Å². The topological polar surface area (TPSA) is 83.4 Å². The smallest absolute Gasteiger partial charge is 0.301 e. The van der Waals surface area contributed by atoms with Gasteiger partial charge in [-0.15, -0.1) is 11.3 Å². The van der Waals surface area contributed by atoms with E-state index in [0.717, 1.165) is 4.47 Å². The van der Waals surface area contributed by atoms with E-state index in [1.807, 2.05) is 12.1 Å². The summed E-state index contributed by atoms with van der Waals surface area (Å²) >= 11 is 4.64. The van der Waals surface area contributed by atoms with Crippen LogP contribution >= 0.6 is 27.3 Å². The van der Waals surface area contributed by atoms with Crippen molar-refractivity contribution in [3.8, 4) is 0 Å². The van der Waals surface area contributed by atoms with Crippen molar-refractivity contribution in [3.63, 3.8) is 0 Å². The molecule has 0 spiro atoms. The quantitative estimate of drug-likeness (QED) is 0.378. The summed E-state index contributed by atoms with van der Waals surface area (Å²) in [6, 6.07) is 9.67. The molecular formula is C19H12BrN3O3S. The fourth-order valence-corrected chi connectivity index (χ4v) is 3.92. The number of rotatable bonds is 3. The van der Waals surface area contributed by atoms with Gasteiger partial charge in [-0.1, -0.05) is 28.1 Å². The fourth-order valence-electron chi connectivity index (χ4n) is 2.99. The molecule has 1 saturated heterocycles. The molecule has 1 fully saturated rings.